The Kier molecular flexibility index (Phi) is 49.6. The molecule has 468 valence electrons. The molecule has 1 aliphatic rings. The Morgan fingerprint density at radius 3 is 0.887 bits per heavy atom. The Labute approximate surface area is 493 Å². The van der Waals surface area contributed by atoms with Gasteiger partial charge in [0.2, 0.25) is 11.9 Å². The van der Waals surface area contributed by atoms with Crippen molar-refractivity contribution in [2.45, 2.75) is 376 Å². The maximum absolute atomic E-state index is 13.7. The van der Waals surface area contributed by atoms with Crippen molar-refractivity contribution in [3.05, 3.63) is 11.5 Å². The average Bonchev–Trinajstić information content (AvgIpc) is 3.70. The van der Waals surface area contributed by atoms with Crippen LogP contribution in [-0.2, 0) is 47.7 Å². The number of hydrogen-bond acceptors (Lipinski definition) is 10. The van der Waals surface area contributed by atoms with Crippen molar-refractivity contribution in [1.29, 1.82) is 0 Å². The molecule has 0 fully saturated rings. The van der Waals surface area contributed by atoms with Gasteiger partial charge < -0.3 is 23.7 Å². The summed E-state index contributed by atoms with van der Waals surface area (Å²) in [6, 6.07) is 0. The van der Waals surface area contributed by atoms with Gasteiger partial charge in [0.15, 0.2) is 6.10 Å². The van der Waals surface area contributed by atoms with Crippen LogP contribution in [0.1, 0.15) is 364 Å². The third kappa shape index (κ3) is 46.6. The minimum Gasteiger partial charge on any atom is -0.462 e. The first-order valence-corrected chi connectivity index (χ1v) is 34.4. The first-order valence-electron chi connectivity index (χ1n) is 34.4. The average molecular weight is 1130 g/mol. The fraction of sp³-hybridized carbons (Fsp3) is 0.900. The summed E-state index contributed by atoms with van der Waals surface area (Å²) in [4.78, 5) is 67.4. The molecule has 0 saturated carbocycles. The number of cyclic esters (lactones) is 1. The normalized spacial score (nSPS) is 14.0. The van der Waals surface area contributed by atoms with Crippen LogP contribution >= 0.6 is 0 Å². The van der Waals surface area contributed by atoms with Gasteiger partial charge in [-0.15, -0.1) is 0 Å². The number of esters is 5. The van der Waals surface area contributed by atoms with Crippen molar-refractivity contribution in [3.63, 3.8) is 0 Å². The molecule has 0 aromatic carbocycles. The summed E-state index contributed by atoms with van der Waals surface area (Å²) in [6.45, 7) is 17.9. The van der Waals surface area contributed by atoms with E-state index in [1.165, 1.54) is 180 Å². The van der Waals surface area contributed by atoms with Gasteiger partial charge >= 0.3 is 29.8 Å². The minimum atomic E-state index is -1.44. The third-order valence-corrected chi connectivity index (χ3v) is 16.0. The van der Waals surface area contributed by atoms with Crippen LogP contribution in [0, 0.1) is 23.7 Å². The van der Waals surface area contributed by atoms with Gasteiger partial charge in [-0.05, 0) is 49.4 Å². The monoisotopic (exact) mass is 1130 g/mol. The minimum absolute atomic E-state index is 0.0870. The van der Waals surface area contributed by atoms with Crippen molar-refractivity contribution in [2.75, 3.05) is 6.61 Å². The molecular formula is C70H128O10. The number of carbonyl (C=O) groups is 5. The highest BCUT2D eigenvalue weighted by atomic mass is 16.7. The fourth-order valence-corrected chi connectivity index (χ4v) is 10.8. The van der Waals surface area contributed by atoms with Gasteiger partial charge in [0.05, 0.1) is 0 Å². The molecular weight excluding hydrogens is 1000 g/mol. The largest absolute Gasteiger partial charge is 0.462 e. The molecule has 10 nitrogen and oxygen atoms in total. The second-order valence-corrected chi connectivity index (χ2v) is 26.1. The van der Waals surface area contributed by atoms with E-state index in [0.29, 0.717) is 25.7 Å². The number of ether oxygens (including phenoxy) is 5. The second kappa shape index (κ2) is 52.9. The van der Waals surface area contributed by atoms with Crippen molar-refractivity contribution < 1.29 is 47.7 Å². The van der Waals surface area contributed by atoms with Crippen molar-refractivity contribution in [1.82, 2.24) is 0 Å². The smallest absolute Gasteiger partial charge is 0.379 e. The van der Waals surface area contributed by atoms with Crippen LogP contribution in [0.4, 0.5) is 0 Å². The standard InChI is InChI=1S/C70H128O10/c1-58(2)49-41-33-25-17-9-13-21-29-37-45-53-63(71)76-57-62(77-64(72)54-46-38-30-22-14-10-18-26-34-42-50-59(3)4)67-68(78-65(73)55-47-39-31-23-15-11-19-27-35-43-51-60(5)6)69(70(75)80-67)79-66(74)56-48-40-32-24-16-12-20-28-36-44-52-61(7)8/h58-62,67H,9-57H2,1-8H3. The zero-order valence-corrected chi connectivity index (χ0v) is 53.7. The Morgan fingerprint density at radius 2 is 0.588 bits per heavy atom. The summed E-state index contributed by atoms with van der Waals surface area (Å²) in [6.07, 6.45) is 48.0. The molecule has 10 heteroatoms. The Balaban J connectivity index is 2.99. The first kappa shape index (κ1) is 75.1. The van der Waals surface area contributed by atoms with E-state index >= 15 is 0 Å². The highest BCUT2D eigenvalue weighted by Crippen LogP contribution is 2.31. The van der Waals surface area contributed by atoms with Crippen LogP contribution in [-0.4, -0.2) is 48.7 Å². The van der Waals surface area contributed by atoms with Crippen LogP contribution in [0.15, 0.2) is 11.5 Å². The van der Waals surface area contributed by atoms with Crippen LogP contribution < -0.4 is 0 Å². The van der Waals surface area contributed by atoms with E-state index in [1.54, 1.807) is 0 Å². The summed E-state index contributed by atoms with van der Waals surface area (Å²) in [5.74, 6) is -0.872. The summed E-state index contributed by atoms with van der Waals surface area (Å²) >= 11 is 0. The van der Waals surface area contributed by atoms with E-state index < -0.39 is 54.4 Å². The highest BCUT2D eigenvalue weighted by Gasteiger charge is 2.46. The van der Waals surface area contributed by atoms with Crippen LogP contribution in [0.5, 0.6) is 0 Å². The molecule has 0 saturated heterocycles. The molecule has 80 heavy (non-hydrogen) atoms. The topological polar surface area (TPSA) is 132 Å². The summed E-state index contributed by atoms with van der Waals surface area (Å²) < 4.78 is 29.2. The predicted octanol–water partition coefficient (Wildman–Crippen LogP) is 21.0. The van der Waals surface area contributed by atoms with Crippen LogP contribution in [0.3, 0.4) is 0 Å². The second-order valence-electron chi connectivity index (χ2n) is 26.1. The molecule has 1 aliphatic heterocycles. The van der Waals surface area contributed by atoms with Gasteiger partial charge in [-0.25, -0.2) is 4.79 Å². The van der Waals surface area contributed by atoms with Gasteiger partial charge in [0.1, 0.15) is 6.61 Å². The van der Waals surface area contributed by atoms with Gasteiger partial charge in [0, 0.05) is 25.7 Å². The molecule has 0 aromatic heterocycles. The predicted molar refractivity (Wildman–Crippen MR) is 331 cm³/mol. The number of carbonyl (C=O) groups excluding carboxylic acids is 5. The quantitative estimate of drug-likeness (QED) is 0.0329. The molecule has 0 N–H and O–H groups in total. The molecule has 0 spiro atoms. The Bertz CT molecular complexity index is 1550. The molecule has 1 rings (SSSR count). The number of hydrogen-bond donors (Lipinski definition) is 0. The SMILES string of the molecule is CC(C)CCCCCCCCCCCCC(=O)OCC(OC(=O)CCCCCCCCCCCCC(C)C)C1OC(=O)C(OC(=O)CCCCCCCCCCCCC(C)C)=C1OC(=O)CCCCCCCCCCCCC(C)C. The number of unbranched alkanes of at least 4 members (excludes halogenated alkanes) is 36. The van der Waals surface area contributed by atoms with Gasteiger partial charge in [-0.2, -0.15) is 0 Å². The third-order valence-electron chi connectivity index (χ3n) is 16.0. The first-order chi connectivity index (χ1) is 38.7. The molecule has 0 amide bonds. The fourth-order valence-electron chi connectivity index (χ4n) is 10.8. The molecule has 0 aromatic rings. The molecule has 2 unspecified atom stereocenters. The Morgan fingerprint density at radius 1 is 0.338 bits per heavy atom. The van der Waals surface area contributed by atoms with Crippen LogP contribution in [0.25, 0.3) is 0 Å². The van der Waals surface area contributed by atoms with Crippen molar-refractivity contribution in [3.8, 4) is 0 Å². The maximum atomic E-state index is 13.7. The molecule has 0 bridgehead atoms. The van der Waals surface area contributed by atoms with E-state index in [0.717, 1.165) is 101 Å². The Hall–Kier alpha value is -2.91. The lowest BCUT2D eigenvalue weighted by Crippen LogP contribution is -2.38. The summed E-state index contributed by atoms with van der Waals surface area (Å²) in [5.41, 5.74) is 0. The molecule has 0 radical (unpaired) electrons. The zero-order valence-electron chi connectivity index (χ0n) is 53.7. The zero-order chi connectivity index (χ0) is 58.7. The summed E-state index contributed by atoms with van der Waals surface area (Å²) in [7, 11) is 0. The van der Waals surface area contributed by atoms with Gasteiger partial charge in [-0.1, -0.05) is 312 Å². The van der Waals surface area contributed by atoms with E-state index in [2.05, 4.69) is 55.4 Å². The van der Waals surface area contributed by atoms with Gasteiger partial charge in [-0.3, -0.25) is 19.2 Å². The lowest BCUT2D eigenvalue weighted by molar-refractivity contribution is -0.172. The van der Waals surface area contributed by atoms with E-state index in [4.69, 9.17) is 23.7 Å². The van der Waals surface area contributed by atoms with Gasteiger partial charge in [0.25, 0.3) is 5.76 Å². The van der Waals surface area contributed by atoms with E-state index in [-0.39, 0.29) is 31.4 Å². The molecule has 2 atom stereocenters. The van der Waals surface area contributed by atoms with E-state index in [9.17, 15) is 24.0 Å². The van der Waals surface area contributed by atoms with Crippen LogP contribution in [0.2, 0.25) is 0 Å². The lowest BCUT2D eigenvalue weighted by atomic mass is 10.0. The van der Waals surface area contributed by atoms with E-state index in [1.807, 2.05) is 0 Å². The lowest BCUT2D eigenvalue weighted by Gasteiger charge is -2.24. The molecule has 0 aliphatic carbocycles. The van der Waals surface area contributed by atoms with Crippen molar-refractivity contribution >= 4 is 29.8 Å². The molecule has 1 heterocycles. The summed E-state index contributed by atoms with van der Waals surface area (Å²) in [5, 5.41) is 0. The van der Waals surface area contributed by atoms with Crippen molar-refractivity contribution in [2.24, 2.45) is 23.7 Å². The maximum Gasteiger partial charge on any atom is 0.379 e. The number of rotatable bonds is 58. The highest BCUT2D eigenvalue weighted by molar-refractivity contribution is 5.93.